The summed E-state index contributed by atoms with van der Waals surface area (Å²) in [4.78, 5) is 12.9. The van der Waals surface area contributed by atoms with Crippen LogP contribution in [0.15, 0.2) is 41.4 Å². The predicted octanol–water partition coefficient (Wildman–Crippen LogP) is 3.24. The minimum atomic E-state index is -3.60. The van der Waals surface area contributed by atoms with Crippen LogP contribution in [0.4, 0.5) is 5.69 Å². The van der Waals surface area contributed by atoms with Gasteiger partial charge in [-0.25, -0.2) is 8.42 Å². The largest absolute Gasteiger partial charge is 0.492 e. The van der Waals surface area contributed by atoms with Gasteiger partial charge in [-0.1, -0.05) is 25.0 Å². The van der Waals surface area contributed by atoms with E-state index in [9.17, 15) is 13.2 Å². The fourth-order valence-corrected chi connectivity index (χ4v) is 4.96. The first-order valence-electron chi connectivity index (χ1n) is 9.63. The number of nitrogens with zero attached hydrogens (tertiary/aromatic N) is 2. The zero-order chi connectivity index (χ0) is 20.1. The van der Waals surface area contributed by atoms with Crippen molar-refractivity contribution in [3.8, 4) is 5.75 Å². The van der Waals surface area contributed by atoms with Crippen molar-refractivity contribution >= 4 is 21.6 Å². The maximum atomic E-state index is 13.0. The van der Waals surface area contributed by atoms with Crippen LogP contribution in [-0.4, -0.2) is 42.9 Å². The summed E-state index contributed by atoms with van der Waals surface area (Å²) < 4.78 is 34.6. The van der Waals surface area contributed by atoms with Crippen LogP contribution in [0.1, 0.15) is 43.1 Å². The van der Waals surface area contributed by atoms with Crippen molar-refractivity contribution < 1.29 is 17.9 Å². The SMILES string of the molecule is CCOc1ccccc1NC(=O)c1cc(S(=O)(=O)N2CCCCCC2)cn1C. The Balaban J connectivity index is 1.83. The molecule has 1 amide bonds. The third kappa shape index (κ3) is 4.39. The highest BCUT2D eigenvalue weighted by molar-refractivity contribution is 7.89. The molecule has 28 heavy (non-hydrogen) atoms. The summed E-state index contributed by atoms with van der Waals surface area (Å²) in [5.74, 6) is 0.192. The molecule has 0 unspecified atom stereocenters. The molecule has 2 heterocycles. The van der Waals surface area contributed by atoms with Crippen molar-refractivity contribution in [1.29, 1.82) is 0 Å². The minimum Gasteiger partial charge on any atom is -0.492 e. The van der Waals surface area contributed by atoms with Crippen LogP contribution in [0.5, 0.6) is 5.75 Å². The van der Waals surface area contributed by atoms with Gasteiger partial charge < -0.3 is 14.6 Å². The molecule has 8 heteroatoms. The van der Waals surface area contributed by atoms with Crippen LogP contribution in [0.2, 0.25) is 0 Å². The van der Waals surface area contributed by atoms with E-state index in [0.717, 1.165) is 25.7 Å². The van der Waals surface area contributed by atoms with Gasteiger partial charge in [0.15, 0.2) is 0 Å². The van der Waals surface area contributed by atoms with Crippen LogP contribution in [-0.2, 0) is 17.1 Å². The molecule has 0 radical (unpaired) electrons. The van der Waals surface area contributed by atoms with E-state index >= 15 is 0 Å². The van der Waals surface area contributed by atoms with Crippen LogP contribution in [0, 0.1) is 0 Å². The monoisotopic (exact) mass is 405 g/mol. The Morgan fingerprint density at radius 2 is 1.82 bits per heavy atom. The predicted molar refractivity (Wildman–Crippen MR) is 108 cm³/mol. The molecule has 7 nitrogen and oxygen atoms in total. The Labute approximate surface area is 166 Å². The summed E-state index contributed by atoms with van der Waals surface area (Å²) in [5.41, 5.74) is 0.826. The zero-order valence-electron chi connectivity index (χ0n) is 16.3. The van der Waals surface area contributed by atoms with Crippen LogP contribution < -0.4 is 10.1 Å². The number of hydrogen-bond donors (Lipinski definition) is 1. The highest BCUT2D eigenvalue weighted by Gasteiger charge is 2.28. The maximum absolute atomic E-state index is 13.0. The van der Waals surface area contributed by atoms with Gasteiger partial charge in [-0.05, 0) is 38.0 Å². The molecule has 0 bridgehead atoms. The van der Waals surface area contributed by atoms with Gasteiger partial charge in [0, 0.05) is 26.3 Å². The smallest absolute Gasteiger partial charge is 0.272 e. The normalized spacial score (nSPS) is 15.8. The van der Waals surface area contributed by atoms with Crippen molar-refractivity contribution in [2.24, 2.45) is 7.05 Å². The van der Waals surface area contributed by atoms with Crippen molar-refractivity contribution in [1.82, 2.24) is 8.87 Å². The highest BCUT2D eigenvalue weighted by atomic mass is 32.2. The first-order valence-corrected chi connectivity index (χ1v) is 11.1. The molecule has 152 valence electrons. The quantitative estimate of drug-likeness (QED) is 0.800. The number of sulfonamides is 1. The summed E-state index contributed by atoms with van der Waals surface area (Å²) in [7, 11) is -1.93. The fraction of sp³-hybridized carbons (Fsp3) is 0.450. The molecule has 0 saturated carbocycles. The number of anilines is 1. The number of para-hydroxylation sites is 2. The molecule has 1 aromatic carbocycles. The number of carbonyl (C=O) groups is 1. The van der Waals surface area contributed by atoms with Gasteiger partial charge in [-0.2, -0.15) is 4.31 Å². The van der Waals surface area contributed by atoms with Crippen molar-refractivity contribution in [2.45, 2.75) is 37.5 Å². The highest BCUT2D eigenvalue weighted by Crippen LogP contribution is 2.26. The Morgan fingerprint density at radius 3 is 2.50 bits per heavy atom. The second-order valence-electron chi connectivity index (χ2n) is 6.87. The third-order valence-electron chi connectivity index (χ3n) is 4.85. The number of carbonyl (C=O) groups excluding carboxylic acids is 1. The lowest BCUT2D eigenvalue weighted by atomic mass is 10.2. The number of nitrogens with one attached hydrogen (secondary N) is 1. The topological polar surface area (TPSA) is 80.6 Å². The number of amides is 1. The molecule has 1 aliphatic heterocycles. The summed E-state index contributed by atoms with van der Waals surface area (Å²) in [6.07, 6.45) is 5.34. The number of aromatic nitrogens is 1. The second-order valence-corrected chi connectivity index (χ2v) is 8.81. The van der Waals surface area contributed by atoms with Crippen molar-refractivity contribution in [2.75, 3.05) is 25.0 Å². The van der Waals surface area contributed by atoms with E-state index in [-0.39, 0.29) is 16.5 Å². The van der Waals surface area contributed by atoms with Gasteiger partial charge >= 0.3 is 0 Å². The van der Waals surface area contributed by atoms with Gasteiger partial charge in [-0.15, -0.1) is 0 Å². The standard InChI is InChI=1S/C20H27N3O4S/c1-3-27-19-11-7-6-10-17(19)21-20(24)18-14-16(15-22(18)2)28(25,26)23-12-8-4-5-9-13-23/h6-7,10-11,14-15H,3-5,8-9,12-13H2,1-2H3,(H,21,24). The van der Waals surface area contributed by atoms with Crippen molar-refractivity contribution in [3.63, 3.8) is 0 Å². The average molecular weight is 406 g/mol. The number of hydrogen-bond acceptors (Lipinski definition) is 4. The summed E-state index contributed by atoms with van der Waals surface area (Å²) in [6.45, 7) is 3.41. The average Bonchev–Trinajstić information content (AvgIpc) is 2.89. The molecule has 3 rings (SSSR count). The van der Waals surface area contributed by atoms with Gasteiger partial charge in [0.2, 0.25) is 10.0 Å². The van der Waals surface area contributed by atoms with E-state index in [4.69, 9.17) is 4.74 Å². The van der Waals surface area contributed by atoms with E-state index in [1.54, 1.807) is 29.8 Å². The summed E-state index contributed by atoms with van der Waals surface area (Å²) >= 11 is 0. The molecule has 0 aliphatic carbocycles. The molecular weight excluding hydrogens is 378 g/mol. The number of rotatable bonds is 6. The second kappa shape index (κ2) is 8.79. The number of benzene rings is 1. The molecular formula is C20H27N3O4S. The third-order valence-corrected chi connectivity index (χ3v) is 6.71. The minimum absolute atomic E-state index is 0.153. The molecule has 1 fully saturated rings. The van der Waals surface area contributed by atoms with Crippen LogP contribution in [0.3, 0.4) is 0 Å². The molecule has 1 N–H and O–H groups in total. The summed E-state index contributed by atoms with van der Waals surface area (Å²) in [6, 6.07) is 8.60. The fourth-order valence-electron chi connectivity index (χ4n) is 3.37. The number of ether oxygens (including phenoxy) is 1. The number of aryl methyl sites for hydroxylation is 1. The Hall–Kier alpha value is -2.32. The van der Waals surface area contributed by atoms with Gasteiger partial charge in [0.05, 0.1) is 12.3 Å². The maximum Gasteiger partial charge on any atom is 0.272 e. The Kier molecular flexibility index (Phi) is 6.41. The van der Waals surface area contributed by atoms with E-state index in [0.29, 0.717) is 31.1 Å². The Morgan fingerprint density at radius 1 is 1.14 bits per heavy atom. The lowest BCUT2D eigenvalue weighted by molar-refractivity contribution is 0.101. The zero-order valence-corrected chi connectivity index (χ0v) is 17.2. The van der Waals surface area contributed by atoms with Gasteiger partial charge in [-0.3, -0.25) is 4.79 Å². The molecule has 0 spiro atoms. The molecule has 0 atom stereocenters. The van der Waals surface area contributed by atoms with Crippen LogP contribution >= 0.6 is 0 Å². The first-order chi connectivity index (χ1) is 13.4. The lowest BCUT2D eigenvalue weighted by Gasteiger charge is -2.18. The van der Waals surface area contributed by atoms with E-state index in [2.05, 4.69) is 5.32 Å². The van der Waals surface area contributed by atoms with E-state index in [1.165, 1.54) is 16.6 Å². The Bertz CT molecular complexity index is 929. The molecule has 1 aromatic heterocycles. The first kappa shape index (κ1) is 20.4. The van der Waals surface area contributed by atoms with E-state index in [1.807, 2.05) is 13.0 Å². The van der Waals surface area contributed by atoms with Gasteiger partial charge in [0.25, 0.3) is 5.91 Å². The van der Waals surface area contributed by atoms with E-state index < -0.39 is 10.0 Å². The van der Waals surface area contributed by atoms with Crippen LogP contribution in [0.25, 0.3) is 0 Å². The van der Waals surface area contributed by atoms with Gasteiger partial charge in [0.1, 0.15) is 16.3 Å². The lowest BCUT2D eigenvalue weighted by Crippen LogP contribution is -2.31. The molecule has 1 saturated heterocycles. The molecule has 2 aromatic rings. The van der Waals surface area contributed by atoms with Crippen molar-refractivity contribution in [3.05, 3.63) is 42.2 Å². The summed E-state index contributed by atoms with van der Waals surface area (Å²) in [5, 5.41) is 2.81. The molecule has 1 aliphatic rings.